The smallest absolute Gasteiger partial charge is 0.318 e. The second-order valence-corrected chi connectivity index (χ2v) is 11.9. The van der Waals surface area contributed by atoms with Gasteiger partial charge in [-0.25, -0.2) is 0 Å². The van der Waals surface area contributed by atoms with Crippen molar-refractivity contribution < 1.29 is 24.5 Å². The van der Waals surface area contributed by atoms with Gasteiger partial charge in [0.2, 0.25) is 0 Å². The Bertz CT molecular complexity index is 1270. The molecular formula is C31H37NO5. The number of aliphatic hydroxyl groups is 2. The third kappa shape index (κ3) is 3.45. The van der Waals surface area contributed by atoms with Gasteiger partial charge < -0.3 is 24.6 Å². The third-order valence-corrected chi connectivity index (χ3v) is 9.32. The number of benzene rings is 2. The first kappa shape index (κ1) is 24.7. The van der Waals surface area contributed by atoms with Gasteiger partial charge in [0.15, 0.2) is 6.10 Å². The van der Waals surface area contributed by atoms with Gasteiger partial charge in [0.1, 0.15) is 11.5 Å². The van der Waals surface area contributed by atoms with Gasteiger partial charge in [-0.15, -0.1) is 0 Å². The molecule has 0 amide bonds. The average Bonchev–Trinajstić information content (AvgIpc) is 3.23. The van der Waals surface area contributed by atoms with E-state index in [1.54, 1.807) is 0 Å². The summed E-state index contributed by atoms with van der Waals surface area (Å²) in [5.41, 5.74) is 3.30. The van der Waals surface area contributed by atoms with Crippen molar-refractivity contribution in [2.24, 2.45) is 5.92 Å². The van der Waals surface area contributed by atoms with Gasteiger partial charge >= 0.3 is 5.97 Å². The van der Waals surface area contributed by atoms with Gasteiger partial charge in [0, 0.05) is 23.6 Å². The van der Waals surface area contributed by atoms with Crippen molar-refractivity contribution in [1.29, 1.82) is 0 Å². The maximum absolute atomic E-state index is 13.4. The van der Waals surface area contributed by atoms with Gasteiger partial charge in [0.05, 0.1) is 23.5 Å². The minimum absolute atomic E-state index is 0.0532. The molecule has 1 spiro atoms. The third-order valence-electron chi connectivity index (χ3n) is 9.32. The van der Waals surface area contributed by atoms with Gasteiger partial charge in [-0.05, 0) is 68.5 Å². The van der Waals surface area contributed by atoms with Crippen molar-refractivity contribution in [1.82, 2.24) is 4.90 Å². The van der Waals surface area contributed by atoms with E-state index in [1.165, 1.54) is 5.56 Å². The van der Waals surface area contributed by atoms with Crippen molar-refractivity contribution in [2.45, 2.75) is 82.1 Å². The predicted octanol–water partition coefficient (Wildman–Crippen LogP) is 4.00. The first-order valence-corrected chi connectivity index (χ1v) is 13.6. The molecule has 2 aromatic rings. The molecule has 2 aromatic carbocycles. The Morgan fingerprint density at radius 2 is 1.95 bits per heavy atom. The monoisotopic (exact) mass is 503 g/mol. The van der Waals surface area contributed by atoms with Crippen LogP contribution in [0.15, 0.2) is 48.2 Å². The summed E-state index contributed by atoms with van der Waals surface area (Å²) in [6, 6.07) is 12.1. The molecule has 2 bridgehead atoms. The van der Waals surface area contributed by atoms with E-state index in [1.807, 2.05) is 31.2 Å². The molecule has 5 unspecified atom stereocenters. The highest BCUT2D eigenvalue weighted by molar-refractivity contribution is 5.79. The number of hydrogen-bond donors (Lipinski definition) is 2. The van der Waals surface area contributed by atoms with E-state index in [2.05, 4.69) is 44.0 Å². The van der Waals surface area contributed by atoms with Crippen LogP contribution in [-0.2, 0) is 34.4 Å². The lowest BCUT2D eigenvalue weighted by Gasteiger charge is -2.61. The Hall–Kier alpha value is -2.67. The standard InChI is InChI=1S/C31H37NO5/c1-18(2)15-20-5-7-21(8-6-20)19(3)29(34)36-24-11-12-31(35)25-16-22-9-10-23(17-33)27-26(22)30(31,28(24)37-27)13-14-32(25)4/h5-11,18-19,25,28,33,35H,12-17H2,1-4H3. The SMILES string of the molecule is CC(C)Cc1ccc(C(C)C(=O)OC2=CCC3(O)C4Cc5ccc(CO)c6c5C3(CCN4C)C2O6)cc1. The Balaban J connectivity index is 1.33. The summed E-state index contributed by atoms with van der Waals surface area (Å²) in [7, 11) is 2.07. The van der Waals surface area contributed by atoms with Crippen LogP contribution >= 0.6 is 0 Å². The number of nitrogens with zero attached hydrogens (tertiary/aromatic N) is 1. The number of rotatable bonds is 6. The zero-order valence-corrected chi connectivity index (χ0v) is 22.2. The summed E-state index contributed by atoms with van der Waals surface area (Å²) >= 11 is 0. The molecule has 196 valence electrons. The number of piperidine rings is 1. The molecule has 2 aliphatic carbocycles. The number of aliphatic hydroxyl groups excluding tert-OH is 1. The number of carbonyl (C=O) groups is 1. The molecule has 2 aliphatic heterocycles. The zero-order valence-electron chi connectivity index (χ0n) is 22.2. The lowest BCUT2D eigenvalue weighted by molar-refractivity contribution is -0.169. The summed E-state index contributed by atoms with van der Waals surface area (Å²) in [4.78, 5) is 15.6. The van der Waals surface area contributed by atoms with E-state index >= 15 is 0 Å². The van der Waals surface area contributed by atoms with Crippen molar-refractivity contribution >= 4 is 5.97 Å². The van der Waals surface area contributed by atoms with Crippen LogP contribution in [0.2, 0.25) is 0 Å². The highest BCUT2D eigenvalue weighted by Gasteiger charge is 2.71. The molecule has 0 saturated carbocycles. The maximum Gasteiger partial charge on any atom is 0.318 e. The van der Waals surface area contributed by atoms with Crippen molar-refractivity contribution in [2.75, 3.05) is 13.6 Å². The minimum atomic E-state index is -1.04. The van der Waals surface area contributed by atoms with E-state index in [9.17, 15) is 15.0 Å². The minimum Gasteiger partial charge on any atom is -0.481 e. The number of esters is 1. The molecule has 0 aromatic heterocycles. The zero-order chi connectivity index (χ0) is 26.1. The van der Waals surface area contributed by atoms with E-state index in [4.69, 9.17) is 9.47 Å². The Labute approximate surface area is 218 Å². The van der Waals surface area contributed by atoms with Crippen LogP contribution in [0.25, 0.3) is 0 Å². The lowest BCUT2D eigenvalue weighted by atomic mass is 9.50. The molecule has 2 heterocycles. The van der Waals surface area contributed by atoms with Gasteiger partial charge in [-0.1, -0.05) is 50.2 Å². The van der Waals surface area contributed by atoms with Gasteiger partial charge in [-0.2, -0.15) is 0 Å². The topological polar surface area (TPSA) is 79.2 Å². The van der Waals surface area contributed by atoms with Gasteiger partial charge in [0.25, 0.3) is 0 Å². The first-order chi connectivity index (χ1) is 17.7. The van der Waals surface area contributed by atoms with Crippen LogP contribution < -0.4 is 4.74 Å². The lowest BCUT2D eigenvalue weighted by Crippen LogP contribution is -2.74. The second-order valence-electron chi connectivity index (χ2n) is 11.9. The quantitative estimate of drug-likeness (QED) is 0.580. The van der Waals surface area contributed by atoms with Crippen LogP contribution in [0.1, 0.15) is 67.3 Å². The Morgan fingerprint density at radius 3 is 2.65 bits per heavy atom. The second kappa shape index (κ2) is 8.69. The van der Waals surface area contributed by atoms with E-state index in [0.29, 0.717) is 35.8 Å². The van der Waals surface area contributed by atoms with Crippen LogP contribution in [0.4, 0.5) is 0 Å². The molecule has 1 saturated heterocycles. The first-order valence-electron chi connectivity index (χ1n) is 13.6. The van der Waals surface area contributed by atoms with Crippen molar-refractivity contribution in [3.63, 3.8) is 0 Å². The Morgan fingerprint density at radius 1 is 1.19 bits per heavy atom. The van der Waals surface area contributed by atoms with Gasteiger partial charge in [-0.3, -0.25) is 4.79 Å². The van der Waals surface area contributed by atoms with E-state index in [0.717, 1.165) is 36.1 Å². The molecular weight excluding hydrogens is 466 g/mol. The van der Waals surface area contributed by atoms with Crippen molar-refractivity contribution in [3.05, 3.63) is 76.1 Å². The number of hydrogen-bond acceptors (Lipinski definition) is 6. The maximum atomic E-state index is 13.4. The highest BCUT2D eigenvalue weighted by atomic mass is 16.6. The van der Waals surface area contributed by atoms with Crippen LogP contribution in [0.5, 0.6) is 5.75 Å². The Kier molecular flexibility index (Phi) is 5.79. The summed E-state index contributed by atoms with van der Waals surface area (Å²) in [5.74, 6) is 0.951. The fourth-order valence-corrected chi connectivity index (χ4v) is 7.39. The van der Waals surface area contributed by atoms with E-state index in [-0.39, 0.29) is 18.6 Å². The van der Waals surface area contributed by atoms with Crippen LogP contribution in [0.3, 0.4) is 0 Å². The summed E-state index contributed by atoms with van der Waals surface area (Å²) < 4.78 is 12.7. The van der Waals surface area contributed by atoms with Crippen LogP contribution in [0, 0.1) is 5.92 Å². The molecule has 6 rings (SSSR count). The molecule has 0 radical (unpaired) electrons. The number of ether oxygens (including phenoxy) is 2. The molecule has 2 N–H and O–H groups in total. The summed E-state index contributed by atoms with van der Waals surface area (Å²) in [5, 5.41) is 22.4. The molecule has 37 heavy (non-hydrogen) atoms. The number of likely N-dealkylation sites (N-methyl/N-ethyl adjacent to an activating group) is 1. The van der Waals surface area contributed by atoms with E-state index < -0.39 is 23.0 Å². The molecule has 1 fully saturated rings. The molecule has 5 atom stereocenters. The summed E-state index contributed by atoms with van der Waals surface area (Å²) in [6.07, 6.45) is 4.08. The molecule has 6 heteroatoms. The normalized spacial score (nSPS) is 30.4. The summed E-state index contributed by atoms with van der Waals surface area (Å²) in [6.45, 7) is 6.93. The largest absolute Gasteiger partial charge is 0.481 e. The fraction of sp³-hybridized carbons (Fsp3) is 0.516. The highest BCUT2D eigenvalue weighted by Crippen LogP contribution is 2.64. The van der Waals surface area contributed by atoms with Crippen molar-refractivity contribution in [3.8, 4) is 5.75 Å². The molecule has 4 aliphatic rings. The fourth-order valence-electron chi connectivity index (χ4n) is 7.39. The number of carbonyl (C=O) groups excluding carboxylic acids is 1. The number of likely N-dealkylation sites (tertiary alicyclic amines) is 1. The van der Waals surface area contributed by atoms with Crippen LogP contribution in [-0.4, -0.2) is 52.4 Å². The predicted molar refractivity (Wildman–Crippen MR) is 140 cm³/mol. The molecule has 6 nitrogen and oxygen atoms in total. The average molecular weight is 504 g/mol.